The summed E-state index contributed by atoms with van der Waals surface area (Å²) in [6.45, 7) is 1.72. The third-order valence-electron chi connectivity index (χ3n) is 3.25. The van der Waals surface area contributed by atoms with Gasteiger partial charge in [-0.05, 0) is 6.07 Å². The molecular formula is C13H15F5N2O. The van der Waals surface area contributed by atoms with E-state index in [1.807, 2.05) is 0 Å². The van der Waals surface area contributed by atoms with Crippen LogP contribution >= 0.6 is 0 Å². The zero-order chi connectivity index (χ0) is 15.5. The lowest BCUT2D eigenvalue weighted by Crippen LogP contribution is -2.47. The van der Waals surface area contributed by atoms with E-state index >= 15 is 0 Å². The molecule has 1 aromatic rings. The number of hydrogen-bond donors (Lipinski definition) is 1. The molecule has 1 aromatic carbocycles. The quantitative estimate of drug-likeness (QED) is 0.866. The Hall–Kier alpha value is -1.41. The summed E-state index contributed by atoms with van der Waals surface area (Å²) in [6.07, 6.45) is -7.72. The Morgan fingerprint density at radius 1 is 1.10 bits per heavy atom. The Balaban J connectivity index is 2.31. The zero-order valence-corrected chi connectivity index (χ0v) is 11.0. The van der Waals surface area contributed by atoms with Gasteiger partial charge in [-0.3, -0.25) is 4.90 Å². The Kier molecular flexibility index (Phi) is 5.00. The third kappa shape index (κ3) is 4.28. The maximum atomic E-state index is 13.4. The van der Waals surface area contributed by atoms with Crippen molar-refractivity contribution in [2.75, 3.05) is 26.2 Å². The van der Waals surface area contributed by atoms with Crippen molar-refractivity contribution in [1.29, 1.82) is 0 Å². The van der Waals surface area contributed by atoms with E-state index in [1.54, 1.807) is 0 Å². The number of hydrogen-bond acceptors (Lipinski definition) is 3. The molecule has 1 fully saturated rings. The normalized spacial score (nSPS) is 18.8. The van der Waals surface area contributed by atoms with Crippen LogP contribution < -0.4 is 10.1 Å². The standard InChI is InChI=1S/C13H15F5N2O/c14-12(15)11(20-7-5-19-6-8-20)9-3-1-2-4-10(9)21-13(16,17)18/h1-4,11-12,19H,5-8H2/t11-/m1/s1. The molecule has 0 saturated carbocycles. The smallest absolute Gasteiger partial charge is 0.405 e. The fourth-order valence-corrected chi connectivity index (χ4v) is 2.39. The van der Waals surface area contributed by atoms with Crippen molar-refractivity contribution in [2.45, 2.75) is 18.8 Å². The number of para-hydroxylation sites is 1. The summed E-state index contributed by atoms with van der Waals surface area (Å²) < 4.78 is 67.8. The van der Waals surface area contributed by atoms with Gasteiger partial charge in [0.15, 0.2) is 0 Å². The molecule has 0 spiro atoms. The van der Waals surface area contributed by atoms with Gasteiger partial charge in [-0.25, -0.2) is 8.78 Å². The highest BCUT2D eigenvalue weighted by atomic mass is 19.4. The van der Waals surface area contributed by atoms with Crippen LogP contribution in [0.15, 0.2) is 24.3 Å². The highest BCUT2D eigenvalue weighted by Crippen LogP contribution is 2.36. The molecular weight excluding hydrogens is 295 g/mol. The van der Waals surface area contributed by atoms with Crippen molar-refractivity contribution in [2.24, 2.45) is 0 Å². The number of halogens is 5. The lowest BCUT2D eigenvalue weighted by Gasteiger charge is -2.35. The van der Waals surface area contributed by atoms with Crippen LogP contribution in [0.25, 0.3) is 0 Å². The van der Waals surface area contributed by atoms with Crippen molar-refractivity contribution in [3.05, 3.63) is 29.8 Å². The average molecular weight is 310 g/mol. The molecule has 1 aliphatic heterocycles. The molecule has 118 valence electrons. The second kappa shape index (κ2) is 6.57. The molecule has 21 heavy (non-hydrogen) atoms. The van der Waals surface area contributed by atoms with Gasteiger partial charge in [0.2, 0.25) is 0 Å². The van der Waals surface area contributed by atoms with Gasteiger partial charge in [-0.2, -0.15) is 0 Å². The molecule has 0 unspecified atom stereocenters. The molecule has 1 N–H and O–H groups in total. The van der Waals surface area contributed by atoms with E-state index in [0.717, 1.165) is 6.07 Å². The first-order valence-corrected chi connectivity index (χ1v) is 6.46. The Morgan fingerprint density at radius 3 is 2.29 bits per heavy atom. The fourth-order valence-electron chi connectivity index (χ4n) is 2.39. The molecule has 0 amide bonds. The van der Waals surface area contributed by atoms with Gasteiger partial charge in [0.1, 0.15) is 11.8 Å². The van der Waals surface area contributed by atoms with E-state index in [4.69, 9.17) is 0 Å². The van der Waals surface area contributed by atoms with E-state index < -0.39 is 24.6 Å². The summed E-state index contributed by atoms with van der Waals surface area (Å²) in [4.78, 5) is 1.47. The zero-order valence-electron chi connectivity index (χ0n) is 11.0. The minimum absolute atomic E-state index is 0.147. The Labute approximate surface area is 118 Å². The molecule has 1 aliphatic rings. The van der Waals surface area contributed by atoms with Crippen LogP contribution in [0.1, 0.15) is 11.6 Å². The summed E-state index contributed by atoms with van der Waals surface area (Å²) in [6, 6.07) is 3.65. The van der Waals surface area contributed by atoms with Crippen LogP contribution in [-0.4, -0.2) is 43.9 Å². The molecule has 2 rings (SSSR count). The molecule has 3 nitrogen and oxygen atoms in total. The fraction of sp³-hybridized carbons (Fsp3) is 0.538. The molecule has 1 saturated heterocycles. The Bertz CT molecular complexity index is 460. The second-order valence-electron chi connectivity index (χ2n) is 4.65. The lowest BCUT2D eigenvalue weighted by molar-refractivity contribution is -0.275. The van der Waals surface area contributed by atoms with Crippen LogP contribution in [0, 0.1) is 0 Å². The summed E-state index contributed by atoms with van der Waals surface area (Å²) in [5.74, 6) is -0.575. The van der Waals surface area contributed by atoms with E-state index in [9.17, 15) is 22.0 Å². The Morgan fingerprint density at radius 2 is 1.71 bits per heavy atom. The minimum atomic E-state index is -4.91. The summed E-state index contributed by atoms with van der Waals surface area (Å²) in [7, 11) is 0. The SMILES string of the molecule is FC(F)[C@@H](c1ccccc1OC(F)(F)F)N1CCNCC1. The maximum Gasteiger partial charge on any atom is 0.573 e. The van der Waals surface area contributed by atoms with Gasteiger partial charge in [0.25, 0.3) is 6.43 Å². The van der Waals surface area contributed by atoms with Crippen LogP contribution in [0.4, 0.5) is 22.0 Å². The van der Waals surface area contributed by atoms with E-state index in [0.29, 0.717) is 26.2 Å². The number of piperazine rings is 1. The number of ether oxygens (including phenoxy) is 1. The molecule has 1 atom stereocenters. The van der Waals surface area contributed by atoms with Crippen molar-refractivity contribution in [3.63, 3.8) is 0 Å². The predicted octanol–water partition coefficient (Wildman–Crippen LogP) is 2.80. The van der Waals surface area contributed by atoms with Crippen molar-refractivity contribution in [3.8, 4) is 5.75 Å². The minimum Gasteiger partial charge on any atom is -0.405 e. The van der Waals surface area contributed by atoms with Gasteiger partial charge in [0.05, 0.1) is 0 Å². The third-order valence-corrected chi connectivity index (χ3v) is 3.25. The highest BCUT2D eigenvalue weighted by Gasteiger charge is 2.36. The largest absolute Gasteiger partial charge is 0.573 e. The first-order valence-electron chi connectivity index (χ1n) is 6.46. The molecule has 0 bridgehead atoms. The van der Waals surface area contributed by atoms with Crippen LogP contribution in [-0.2, 0) is 0 Å². The highest BCUT2D eigenvalue weighted by molar-refractivity contribution is 5.36. The van der Waals surface area contributed by atoms with Gasteiger partial charge >= 0.3 is 6.36 Å². The monoisotopic (exact) mass is 310 g/mol. The van der Waals surface area contributed by atoms with Crippen molar-refractivity contribution < 1.29 is 26.7 Å². The molecule has 0 radical (unpaired) electrons. The van der Waals surface area contributed by atoms with E-state index in [1.165, 1.54) is 23.1 Å². The van der Waals surface area contributed by atoms with E-state index in [-0.39, 0.29) is 5.56 Å². The lowest BCUT2D eigenvalue weighted by atomic mass is 10.0. The molecule has 0 aromatic heterocycles. The summed E-state index contributed by atoms with van der Waals surface area (Å²) >= 11 is 0. The number of alkyl halides is 5. The predicted molar refractivity (Wildman–Crippen MR) is 66.3 cm³/mol. The van der Waals surface area contributed by atoms with Crippen molar-refractivity contribution in [1.82, 2.24) is 10.2 Å². The first kappa shape index (κ1) is 16.0. The second-order valence-corrected chi connectivity index (χ2v) is 4.65. The number of nitrogens with one attached hydrogen (secondary N) is 1. The average Bonchev–Trinajstić information content (AvgIpc) is 2.40. The number of nitrogens with zero attached hydrogens (tertiary/aromatic N) is 1. The van der Waals surface area contributed by atoms with Crippen molar-refractivity contribution >= 4 is 0 Å². The molecule has 0 aliphatic carbocycles. The van der Waals surface area contributed by atoms with Gasteiger partial charge < -0.3 is 10.1 Å². The van der Waals surface area contributed by atoms with Gasteiger partial charge in [-0.15, -0.1) is 13.2 Å². The maximum absolute atomic E-state index is 13.4. The van der Waals surface area contributed by atoms with E-state index in [2.05, 4.69) is 10.1 Å². The summed E-state index contributed by atoms with van der Waals surface area (Å²) in [5.41, 5.74) is -0.147. The topological polar surface area (TPSA) is 24.5 Å². The van der Waals surface area contributed by atoms with Crippen LogP contribution in [0.2, 0.25) is 0 Å². The molecule has 1 heterocycles. The van der Waals surface area contributed by atoms with Gasteiger partial charge in [0, 0.05) is 31.7 Å². The van der Waals surface area contributed by atoms with Crippen LogP contribution in [0.5, 0.6) is 5.75 Å². The number of rotatable bonds is 4. The number of benzene rings is 1. The summed E-state index contributed by atoms with van der Waals surface area (Å²) in [5, 5.41) is 3.02. The molecule has 8 heteroatoms. The first-order chi connectivity index (χ1) is 9.88. The van der Waals surface area contributed by atoms with Crippen LogP contribution in [0.3, 0.4) is 0 Å². The van der Waals surface area contributed by atoms with Gasteiger partial charge in [-0.1, -0.05) is 18.2 Å².